The van der Waals surface area contributed by atoms with Crippen molar-refractivity contribution in [3.8, 4) is 0 Å². The molecule has 8 heteroatoms. The highest BCUT2D eigenvalue weighted by atomic mass is 31.2. The van der Waals surface area contributed by atoms with Gasteiger partial charge in [-0.2, -0.15) is 0 Å². The number of hydrogen-bond acceptors (Lipinski definition) is 5. The van der Waals surface area contributed by atoms with Gasteiger partial charge in [-0.1, -0.05) is 12.1 Å². The number of para-hydroxylation sites is 2. The third-order valence-corrected chi connectivity index (χ3v) is 3.77. The molecular formula is C10H14N3O4P. The first kappa shape index (κ1) is 12.9. The number of nitrogens with zero attached hydrogens (tertiary/aromatic N) is 2. The summed E-state index contributed by atoms with van der Waals surface area (Å²) in [5, 5.41) is 6.23. The second-order valence-electron chi connectivity index (χ2n) is 3.49. The predicted octanol–water partition coefficient (Wildman–Crippen LogP) is 1.58. The Morgan fingerprint density at radius 3 is 2.61 bits per heavy atom. The second-order valence-corrected chi connectivity index (χ2v) is 5.41. The molecule has 0 radical (unpaired) electrons. The molecule has 1 aromatic heterocycles. The van der Waals surface area contributed by atoms with E-state index in [9.17, 15) is 4.57 Å². The molecule has 18 heavy (non-hydrogen) atoms. The summed E-state index contributed by atoms with van der Waals surface area (Å²) in [7, 11) is 0.928. The smallest absolute Gasteiger partial charge is 0.422 e. The molecule has 0 amide bonds. The van der Waals surface area contributed by atoms with Crippen molar-refractivity contribution < 1.29 is 18.0 Å². The minimum atomic E-state index is -3.40. The highest BCUT2D eigenvalue weighted by Crippen LogP contribution is 2.40. The maximum atomic E-state index is 11.8. The summed E-state index contributed by atoms with van der Waals surface area (Å²) < 4.78 is 28.4. The van der Waals surface area contributed by atoms with Crippen molar-refractivity contribution in [3.63, 3.8) is 0 Å². The molecule has 0 aliphatic carbocycles. The van der Waals surface area contributed by atoms with E-state index in [1.54, 1.807) is 11.6 Å². The van der Waals surface area contributed by atoms with Crippen LogP contribution in [0.3, 0.4) is 0 Å². The third kappa shape index (κ3) is 2.33. The van der Waals surface area contributed by atoms with Crippen molar-refractivity contribution in [1.29, 1.82) is 0 Å². The SMILES string of the molecule is COP(=O)(N/N=c1/oc2ccccc2n1C)OC. The molecule has 0 atom stereocenters. The maximum absolute atomic E-state index is 11.8. The van der Waals surface area contributed by atoms with Crippen molar-refractivity contribution >= 4 is 18.8 Å². The van der Waals surface area contributed by atoms with Gasteiger partial charge in [-0.25, -0.2) is 9.76 Å². The molecule has 0 bridgehead atoms. The van der Waals surface area contributed by atoms with Gasteiger partial charge in [-0.15, -0.1) is 5.10 Å². The number of oxazole rings is 1. The van der Waals surface area contributed by atoms with E-state index in [4.69, 9.17) is 13.5 Å². The van der Waals surface area contributed by atoms with Gasteiger partial charge in [0.1, 0.15) is 0 Å². The molecule has 0 fully saturated rings. The van der Waals surface area contributed by atoms with Crippen LogP contribution in [0.25, 0.3) is 11.1 Å². The predicted molar refractivity (Wildman–Crippen MR) is 65.5 cm³/mol. The van der Waals surface area contributed by atoms with E-state index in [0.717, 1.165) is 5.52 Å². The normalized spacial score (nSPS) is 13.2. The van der Waals surface area contributed by atoms with Crippen LogP contribution >= 0.6 is 7.75 Å². The first-order chi connectivity index (χ1) is 8.59. The lowest BCUT2D eigenvalue weighted by Gasteiger charge is -2.10. The van der Waals surface area contributed by atoms with E-state index < -0.39 is 7.75 Å². The standard InChI is InChI=1S/C10H14N3O4P/c1-13-8-6-4-5-7-9(8)17-10(13)11-12-18(14,15-2)16-3/h4-7H,1-3H3,(H,12,14)/b11-10+. The highest BCUT2D eigenvalue weighted by molar-refractivity contribution is 7.51. The summed E-state index contributed by atoms with van der Waals surface area (Å²) in [6.07, 6.45) is 0. The summed E-state index contributed by atoms with van der Waals surface area (Å²) >= 11 is 0. The third-order valence-electron chi connectivity index (χ3n) is 2.46. The number of aryl methyl sites for hydroxylation is 1. The van der Waals surface area contributed by atoms with Gasteiger partial charge >= 0.3 is 13.4 Å². The molecule has 0 aliphatic heterocycles. The molecule has 1 aromatic carbocycles. The Morgan fingerprint density at radius 2 is 2.00 bits per heavy atom. The topological polar surface area (TPSA) is 78.0 Å². The van der Waals surface area contributed by atoms with Crippen LogP contribution in [0.2, 0.25) is 0 Å². The fourth-order valence-electron chi connectivity index (χ4n) is 1.45. The van der Waals surface area contributed by atoms with Crippen LogP contribution in [0.4, 0.5) is 0 Å². The second kappa shape index (κ2) is 4.97. The average molecular weight is 271 g/mol. The zero-order valence-electron chi connectivity index (χ0n) is 10.3. The van der Waals surface area contributed by atoms with Gasteiger partial charge < -0.3 is 4.42 Å². The van der Waals surface area contributed by atoms with E-state index in [2.05, 4.69) is 10.3 Å². The lowest BCUT2D eigenvalue weighted by Crippen LogP contribution is -2.18. The largest absolute Gasteiger partial charge is 0.447 e. The Labute approximate surface area is 104 Å². The van der Waals surface area contributed by atoms with Crippen LogP contribution in [-0.4, -0.2) is 18.8 Å². The lowest BCUT2D eigenvalue weighted by atomic mass is 10.3. The molecule has 0 unspecified atom stereocenters. The van der Waals surface area contributed by atoms with Gasteiger partial charge in [0.2, 0.25) is 0 Å². The number of fused-ring (bicyclic) bond motifs is 1. The van der Waals surface area contributed by atoms with E-state index >= 15 is 0 Å². The van der Waals surface area contributed by atoms with Crippen molar-refractivity contribution in [2.75, 3.05) is 14.2 Å². The van der Waals surface area contributed by atoms with Crippen LogP contribution in [0, 0.1) is 0 Å². The van der Waals surface area contributed by atoms with Gasteiger partial charge in [0.25, 0.3) is 0 Å². The molecule has 0 saturated carbocycles. The Bertz CT molecular complexity index is 652. The van der Waals surface area contributed by atoms with Crippen LogP contribution in [-0.2, 0) is 20.7 Å². The van der Waals surface area contributed by atoms with E-state index in [-0.39, 0.29) is 5.68 Å². The summed E-state index contributed by atoms with van der Waals surface area (Å²) in [4.78, 5) is 0. The Hall–Kier alpha value is -1.56. The quantitative estimate of drug-likeness (QED) is 0.674. The Morgan fingerprint density at radius 1 is 1.33 bits per heavy atom. The average Bonchev–Trinajstić information content (AvgIpc) is 2.73. The molecule has 7 nitrogen and oxygen atoms in total. The van der Waals surface area contributed by atoms with Crippen LogP contribution < -0.4 is 10.9 Å². The molecule has 0 saturated heterocycles. The first-order valence-electron chi connectivity index (χ1n) is 5.17. The van der Waals surface area contributed by atoms with Gasteiger partial charge in [-0.3, -0.25) is 13.6 Å². The molecule has 0 aliphatic rings. The number of nitrogens with one attached hydrogen (secondary N) is 1. The van der Waals surface area contributed by atoms with Crippen LogP contribution in [0.1, 0.15) is 0 Å². The Balaban J connectivity index is 2.42. The first-order valence-corrected chi connectivity index (χ1v) is 6.71. The van der Waals surface area contributed by atoms with E-state index in [0.29, 0.717) is 5.58 Å². The summed E-state index contributed by atoms with van der Waals surface area (Å²) in [5.74, 6) is 0. The minimum absolute atomic E-state index is 0.269. The van der Waals surface area contributed by atoms with E-state index in [1.165, 1.54) is 14.2 Å². The van der Waals surface area contributed by atoms with Crippen molar-refractivity contribution in [2.24, 2.45) is 12.1 Å². The zero-order valence-corrected chi connectivity index (χ0v) is 11.2. The molecule has 98 valence electrons. The van der Waals surface area contributed by atoms with Crippen molar-refractivity contribution in [3.05, 3.63) is 29.9 Å². The summed E-state index contributed by atoms with van der Waals surface area (Å²) in [6.45, 7) is 0. The summed E-state index contributed by atoms with van der Waals surface area (Å²) in [5.41, 5.74) is 1.83. The molecular weight excluding hydrogens is 257 g/mol. The van der Waals surface area contributed by atoms with Crippen molar-refractivity contribution in [2.45, 2.75) is 0 Å². The molecule has 1 N–H and O–H groups in total. The lowest BCUT2D eigenvalue weighted by molar-refractivity contribution is 0.263. The highest BCUT2D eigenvalue weighted by Gasteiger charge is 2.20. The van der Waals surface area contributed by atoms with Gasteiger partial charge in [0, 0.05) is 21.3 Å². The number of rotatable bonds is 4. The van der Waals surface area contributed by atoms with Crippen LogP contribution in [0.15, 0.2) is 33.8 Å². The molecule has 0 spiro atoms. The summed E-state index contributed by atoms with van der Waals surface area (Å²) in [6, 6.07) is 7.47. The van der Waals surface area contributed by atoms with E-state index in [1.807, 2.05) is 24.3 Å². The fourth-order valence-corrected chi connectivity index (χ4v) is 1.97. The molecule has 2 aromatic rings. The van der Waals surface area contributed by atoms with Crippen LogP contribution in [0.5, 0.6) is 0 Å². The Kier molecular flexibility index (Phi) is 3.56. The van der Waals surface area contributed by atoms with Gasteiger partial charge in [0.15, 0.2) is 5.58 Å². The zero-order chi connectivity index (χ0) is 13.2. The maximum Gasteiger partial charge on any atom is 0.447 e. The monoisotopic (exact) mass is 271 g/mol. The number of hydrogen-bond donors (Lipinski definition) is 1. The number of aromatic nitrogens is 1. The van der Waals surface area contributed by atoms with Crippen molar-refractivity contribution in [1.82, 2.24) is 9.76 Å². The fraction of sp³-hybridized carbons (Fsp3) is 0.300. The van der Waals surface area contributed by atoms with Gasteiger partial charge in [0.05, 0.1) is 5.52 Å². The minimum Gasteiger partial charge on any atom is -0.422 e. The van der Waals surface area contributed by atoms with Gasteiger partial charge in [-0.05, 0) is 12.1 Å². The molecule has 1 heterocycles. The number of benzene rings is 1. The molecule has 2 rings (SSSR count).